The van der Waals surface area contributed by atoms with Crippen LogP contribution in [0.3, 0.4) is 0 Å². The van der Waals surface area contributed by atoms with Crippen LogP contribution in [0.15, 0.2) is 24.5 Å². The van der Waals surface area contributed by atoms with Crippen molar-refractivity contribution in [2.45, 2.75) is 32.4 Å². The summed E-state index contributed by atoms with van der Waals surface area (Å²) in [5, 5.41) is 10.5. The van der Waals surface area contributed by atoms with Crippen LogP contribution in [0.5, 0.6) is 11.5 Å². The van der Waals surface area contributed by atoms with Crippen molar-refractivity contribution in [1.29, 1.82) is 0 Å². The largest absolute Gasteiger partial charge is 0.507 e. The van der Waals surface area contributed by atoms with E-state index >= 15 is 4.39 Å². The number of anilines is 1. The molecule has 9 heteroatoms. The summed E-state index contributed by atoms with van der Waals surface area (Å²) in [5.74, 6) is -1.26. The second kappa shape index (κ2) is 8.01. The van der Waals surface area contributed by atoms with E-state index < -0.39 is 17.4 Å². The van der Waals surface area contributed by atoms with Crippen LogP contribution in [-0.4, -0.2) is 58.3 Å². The van der Waals surface area contributed by atoms with Gasteiger partial charge >= 0.3 is 0 Å². The first-order valence-electron chi connectivity index (χ1n) is 10.7. The van der Waals surface area contributed by atoms with E-state index in [1.807, 2.05) is 0 Å². The van der Waals surface area contributed by atoms with E-state index in [0.29, 0.717) is 23.9 Å². The van der Waals surface area contributed by atoms with Gasteiger partial charge in [0.05, 0.1) is 22.6 Å². The third-order valence-corrected chi connectivity index (χ3v) is 6.72. The molecule has 0 aliphatic carbocycles. The normalized spacial score (nSPS) is 18.9. The Morgan fingerprint density at radius 2 is 2.00 bits per heavy atom. The van der Waals surface area contributed by atoms with Gasteiger partial charge in [-0.05, 0) is 26.0 Å². The Hall–Kier alpha value is -2.71. The lowest BCUT2D eigenvalue weighted by Gasteiger charge is -2.44. The molecule has 1 fully saturated rings. The monoisotopic (exact) mass is 460 g/mol. The topological polar surface area (TPSA) is 61.7 Å². The molecule has 1 saturated heterocycles. The quantitative estimate of drug-likeness (QED) is 0.602. The Morgan fingerprint density at radius 3 is 2.75 bits per heavy atom. The molecule has 6 nitrogen and oxygen atoms in total. The van der Waals surface area contributed by atoms with Crippen molar-refractivity contribution in [3.05, 3.63) is 41.2 Å². The van der Waals surface area contributed by atoms with Crippen LogP contribution in [-0.2, 0) is 0 Å². The number of ether oxygens (including phenoxy) is 1. The van der Waals surface area contributed by atoms with Gasteiger partial charge in [-0.3, -0.25) is 4.90 Å². The number of piperazine rings is 1. The van der Waals surface area contributed by atoms with Gasteiger partial charge in [-0.1, -0.05) is 17.7 Å². The second-order valence-corrected chi connectivity index (χ2v) is 8.84. The van der Waals surface area contributed by atoms with Gasteiger partial charge in [0.25, 0.3) is 0 Å². The molecule has 1 N–H and O–H groups in total. The van der Waals surface area contributed by atoms with E-state index in [0.717, 1.165) is 32.1 Å². The Kier molecular flexibility index (Phi) is 5.29. The summed E-state index contributed by atoms with van der Waals surface area (Å²) in [7, 11) is 0. The van der Waals surface area contributed by atoms with Crippen molar-refractivity contribution >= 4 is 28.3 Å². The Morgan fingerprint density at radius 1 is 1.19 bits per heavy atom. The van der Waals surface area contributed by atoms with Crippen LogP contribution >= 0.6 is 11.6 Å². The van der Waals surface area contributed by atoms with Gasteiger partial charge in [-0.25, -0.2) is 18.7 Å². The zero-order chi connectivity index (χ0) is 22.6. The summed E-state index contributed by atoms with van der Waals surface area (Å²) in [6, 6.07) is 4.34. The van der Waals surface area contributed by atoms with Crippen molar-refractivity contribution in [1.82, 2.24) is 14.9 Å². The summed E-state index contributed by atoms with van der Waals surface area (Å²) in [6.07, 6.45) is 2.03. The lowest BCUT2D eigenvalue weighted by molar-refractivity contribution is 0.165. The lowest BCUT2D eigenvalue weighted by atomic mass is 9.98. The van der Waals surface area contributed by atoms with Crippen LogP contribution in [0.4, 0.5) is 14.6 Å². The van der Waals surface area contributed by atoms with Crippen molar-refractivity contribution in [3.8, 4) is 22.6 Å². The average Bonchev–Trinajstić information content (AvgIpc) is 2.76. The van der Waals surface area contributed by atoms with Crippen LogP contribution < -0.4 is 9.64 Å². The molecular weight excluding hydrogens is 438 g/mol. The number of benzene rings is 2. The van der Waals surface area contributed by atoms with E-state index in [1.54, 1.807) is 0 Å². The molecule has 168 valence electrons. The highest BCUT2D eigenvalue weighted by molar-refractivity contribution is 6.36. The summed E-state index contributed by atoms with van der Waals surface area (Å²) >= 11 is 6.62. The molecule has 1 atom stereocenters. The fourth-order valence-electron chi connectivity index (χ4n) is 4.69. The number of aromatic nitrogens is 2. The van der Waals surface area contributed by atoms with Crippen LogP contribution in [0.25, 0.3) is 22.0 Å². The number of phenols is 1. The molecule has 1 aromatic heterocycles. The first-order chi connectivity index (χ1) is 15.4. The number of hydrogen-bond acceptors (Lipinski definition) is 6. The van der Waals surface area contributed by atoms with Crippen molar-refractivity contribution in [2.24, 2.45) is 0 Å². The first kappa shape index (κ1) is 21.2. The number of aromatic hydroxyl groups is 1. The van der Waals surface area contributed by atoms with Gasteiger partial charge in [-0.2, -0.15) is 0 Å². The molecule has 0 spiro atoms. The SMILES string of the molecule is CC(C)N1CCN2c3ncnc4c(F)c(-c5c(O)cccc5F)c(Cl)c(c34)OCCC2C1. The van der Waals surface area contributed by atoms with Gasteiger partial charge in [0, 0.05) is 43.7 Å². The lowest BCUT2D eigenvalue weighted by Crippen LogP contribution is -2.56. The molecule has 32 heavy (non-hydrogen) atoms. The van der Waals surface area contributed by atoms with E-state index in [9.17, 15) is 9.50 Å². The Bertz CT molecular complexity index is 1190. The molecule has 2 aliphatic heterocycles. The highest BCUT2D eigenvalue weighted by Gasteiger charge is 2.35. The Balaban J connectivity index is 1.74. The number of hydrogen-bond donors (Lipinski definition) is 1. The predicted molar refractivity (Wildman–Crippen MR) is 120 cm³/mol. The maximum Gasteiger partial charge on any atom is 0.159 e. The molecule has 3 heterocycles. The van der Waals surface area contributed by atoms with Gasteiger partial charge in [-0.15, -0.1) is 0 Å². The average molecular weight is 461 g/mol. The minimum absolute atomic E-state index is 0.0148. The maximum atomic E-state index is 15.8. The summed E-state index contributed by atoms with van der Waals surface area (Å²) in [6.45, 7) is 7.12. The van der Waals surface area contributed by atoms with Crippen molar-refractivity contribution in [2.75, 3.05) is 31.1 Å². The molecular formula is C23H23ClF2N4O2. The molecule has 0 saturated carbocycles. The first-order valence-corrected chi connectivity index (χ1v) is 11.0. The Labute approximate surface area is 189 Å². The number of phenolic OH excluding ortho intramolecular Hbond substituents is 1. The number of nitrogens with zero attached hydrogens (tertiary/aromatic N) is 4. The van der Waals surface area contributed by atoms with Gasteiger partial charge in [0.15, 0.2) is 11.6 Å². The van der Waals surface area contributed by atoms with Crippen molar-refractivity contribution < 1.29 is 18.6 Å². The molecule has 0 bridgehead atoms. The van der Waals surface area contributed by atoms with Gasteiger partial charge in [0.2, 0.25) is 0 Å². The number of halogens is 3. The third-order valence-electron chi connectivity index (χ3n) is 6.36. The zero-order valence-corrected chi connectivity index (χ0v) is 18.5. The molecule has 0 amide bonds. The minimum atomic E-state index is -0.820. The van der Waals surface area contributed by atoms with Crippen LogP contribution in [0, 0.1) is 11.6 Å². The summed E-state index contributed by atoms with van der Waals surface area (Å²) in [4.78, 5) is 13.2. The smallest absolute Gasteiger partial charge is 0.159 e. The number of fused-ring (bicyclic) bond motifs is 2. The summed E-state index contributed by atoms with van der Waals surface area (Å²) < 4.78 is 36.5. The van der Waals surface area contributed by atoms with Crippen LogP contribution in [0.1, 0.15) is 20.3 Å². The third kappa shape index (κ3) is 3.24. The van der Waals surface area contributed by atoms with Crippen LogP contribution in [0.2, 0.25) is 5.02 Å². The number of rotatable bonds is 2. The highest BCUT2D eigenvalue weighted by atomic mass is 35.5. The molecule has 3 aromatic rings. The van der Waals surface area contributed by atoms with Gasteiger partial charge < -0.3 is 14.7 Å². The molecule has 2 aromatic carbocycles. The fourth-order valence-corrected chi connectivity index (χ4v) is 5.02. The minimum Gasteiger partial charge on any atom is -0.507 e. The zero-order valence-electron chi connectivity index (χ0n) is 17.8. The molecule has 1 unspecified atom stereocenters. The highest BCUT2D eigenvalue weighted by Crippen LogP contribution is 2.49. The van der Waals surface area contributed by atoms with E-state index in [2.05, 4.69) is 33.6 Å². The van der Waals surface area contributed by atoms with E-state index in [1.165, 1.54) is 18.5 Å². The maximum absolute atomic E-state index is 15.8. The molecule has 0 radical (unpaired) electrons. The predicted octanol–water partition coefficient (Wildman–Crippen LogP) is 4.62. The molecule has 5 rings (SSSR count). The molecule has 2 aliphatic rings. The van der Waals surface area contributed by atoms with E-state index in [4.69, 9.17) is 16.3 Å². The fraction of sp³-hybridized carbons (Fsp3) is 0.391. The second-order valence-electron chi connectivity index (χ2n) is 8.46. The van der Waals surface area contributed by atoms with Gasteiger partial charge in [0.1, 0.15) is 29.2 Å². The standard InChI is InChI=1S/C23H23ClF2N4O2/c1-12(2)29-7-8-30-13(10-29)6-9-32-22-18-21(27-11-28-23(18)30)20(26)17(19(22)24)16-14(25)4-3-5-15(16)31/h3-5,11-13,31H,6-10H2,1-2H3. The summed E-state index contributed by atoms with van der Waals surface area (Å²) in [5.41, 5.74) is -0.599. The van der Waals surface area contributed by atoms with E-state index in [-0.39, 0.29) is 33.5 Å². The van der Waals surface area contributed by atoms with Crippen molar-refractivity contribution in [3.63, 3.8) is 0 Å².